The third-order valence-electron chi connectivity index (χ3n) is 2.61. The SMILES string of the molecule is CC(C)COc1ccc(NC(=O)c2ccnnc2)cc1Cl. The minimum atomic E-state index is -0.267. The number of nitrogens with one attached hydrogen (secondary N) is 1. The molecule has 0 fully saturated rings. The molecular formula is C15H16ClN3O2. The van der Waals surface area contributed by atoms with Crippen LogP contribution in [0.1, 0.15) is 24.2 Å². The van der Waals surface area contributed by atoms with Crippen molar-refractivity contribution in [2.24, 2.45) is 5.92 Å². The number of hydrogen-bond acceptors (Lipinski definition) is 4. The standard InChI is InChI=1S/C15H16ClN3O2/c1-10(2)9-21-14-4-3-12(7-13(14)16)19-15(20)11-5-6-17-18-8-11/h3-8,10H,9H2,1-2H3,(H,19,20). The van der Waals surface area contributed by atoms with Crippen LogP contribution < -0.4 is 10.1 Å². The first-order valence-electron chi connectivity index (χ1n) is 6.56. The minimum Gasteiger partial charge on any atom is -0.492 e. The van der Waals surface area contributed by atoms with Crippen molar-refractivity contribution in [3.05, 3.63) is 47.2 Å². The Morgan fingerprint density at radius 3 is 2.76 bits per heavy atom. The predicted octanol–water partition coefficient (Wildman–Crippen LogP) is 3.42. The van der Waals surface area contributed by atoms with Gasteiger partial charge in [-0.25, -0.2) is 0 Å². The molecule has 1 aromatic heterocycles. The van der Waals surface area contributed by atoms with Gasteiger partial charge in [-0.3, -0.25) is 4.79 Å². The number of ether oxygens (including phenoxy) is 1. The number of rotatable bonds is 5. The fraction of sp³-hybridized carbons (Fsp3) is 0.267. The lowest BCUT2D eigenvalue weighted by Gasteiger charge is -2.11. The van der Waals surface area contributed by atoms with E-state index in [1.54, 1.807) is 24.3 Å². The van der Waals surface area contributed by atoms with Gasteiger partial charge in [-0.1, -0.05) is 25.4 Å². The van der Waals surface area contributed by atoms with Gasteiger partial charge in [0.25, 0.3) is 5.91 Å². The topological polar surface area (TPSA) is 64.1 Å². The summed E-state index contributed by atoms with van der Waals surface area (Å²) in [4.78, 5) is 12.0. The molecule has 2 aromatic rings. The summed E-state index contributed by atoms with van der Waals surface area (Å²) in [6.45, 7) is 4.71. The van der Waals surface area contributed by atoms with Crippen molar-refractivity contribution < 1.29 is 9.53 Å². The van der Waals surface area contributed by atoms with Crippen LogP contribution in [0, 0.1) is 5.92 Å². The Balaban J connectivity index is 2.05. The fourth-order valence-corrected chi connectivity index (χ4v) is 1.82. The van der Waals surface area contributed by atoms with E-state index in [4.69, 9.17) is 16.3 Å². The zero-order chi connectivity index (χ0) is 15.2. The van der Waals surface area contributed by atoms with E-state index >= 15 is 0 Å². The van der Waals surface area contributed by atoms with Crippen molar-refractivity contribution in [1.29, 1.82) is 0 Å². The first-order valence-corrected chi connectivity index (χ1v) is 6.94. The molecule has 0 aliphatic heterocycles. The Labute approximate surface area is 128 Å². The smallest absolute Gasteiger partial charge is 0.257 e. The van der Waals surface area contributed by atoms with E-state index in [0.29, 0.717) is 34.5 Å². The number of amides is 1. The van der Waals surface area contributed by atoms with E-state index < -0.39 is 0 Å². The van der Waals surface area contributed by atoms with Crippen LogP contribution in [0.25, 0.3) is 0 Å². The van der Waals surface area contributed by atoms with Gasteiger partial charge in [-0.2, -0.15) is 10.2 Å². The molecule has 1 amide bonds. The highest BCUT2D eigenvalue weighted by atomic mass is 35.5. The van der Waals surface area contributed by atoms with Gasteiger partial charge in [-0.15, -0.1) is 0 Å². The first-order chi connectivity index (χ1) is 10.1. The second-order valence-electron chi connectivity index (χ2n) is 4.94. The van der Waals surface area contributed by atoms with Crippen LogP contribution in [0.3, 0.4) is 0 Å². The summed E-state index contributed by atoms with van der Waals surface area (Å²) in [7, 11) is 0. The number of carbonyl (C=O) groups excluding carboxylic acids is 1. The van der Waals surface area contributed by atoms with Crippen molar-refractivity contribution in [2.75, 3.05) is 11.9 Å². The third-order valence-corrected chi connectivity index (χ3v) is 2.90. The Hall–Kier alpha value is -2.14. The van der Waals surface area contributed by atoms with Crippen LogP contribution in [-0.2, 0) is 0 Å². The lowest BCUT2D eigenvalue weighted by atomic mass is 10.2. The molecule has 1 aromatic carbocycles. The van der Waals surface area contributed by atoms with E-state index in [0.717, 1.165) is 0 Å². The highest BCUT2D eigenvalue weighted by molar-refractivity contribution is 6.32. The van der Waals surface area contributed by atoms with E-state index in [-0.39, 0.29) is 5.91 Å². The van der Waals surface area contributed by atoms with Gasteiger partial charge in [0.1, 0.15) is 5.75 Å². The van der Waals surface area contributed by atoms with Gasteiger partial charge in [0.2, 0.25) is 0 Å². The maximum Gasteiger partial charge on any atom is 0.257 e. The van der Waals surface area contributed by atoms with E-state index in [1.807, 2.05) is 0 Å². The number of nitrogens with zero attached hydrogens (tertiary/aromatic N) is 2. The lowest BCUT2D eigenvalue weighted by Crippen LogP contribution is -2.12. The Morgan fingerprint density at radius 2 is 2.14 bits per heavy atom. The largest absolute Gasteiger partial charge is 0.492 e. The average Bonchev–Trinajstić information content (AvgIpc) is 2.47. The minimum absolute atomic E-state index is 0.267. The van der Waals surface area contributed by atoms with Crippen molar-refractivity contribution >= 4 is 23.2 Å². The molecule has 0 bridgehead atoms. The number of halogens is 1. The zero-order valence-corrected chi connectivity index (χ0v) is 12.6. The summed E-state index contributed by atoms with van der Waals surface area (Å²) in [6, 6.07) is 6.73. The maximum absolute atomic E-state index is 12.0. The van der Waals surface area contributed by atoms with Crippen LogP contribution in [0.4, 0.5) is 5.69 Å². The molecule has 0 saturated carbocycles. The number of benzene rings is 1. The van der Waals surface area contributed by atoms with Gasteiger partial charge in [0.15, 0.2) is 0 Å². The quantitative estimate of drug-likeness (QED) is 0.919. The molecule has 0 aliphatic carbocycles. The molecule has 110 valence electrons. The lowest BCUT2D eigenvalue weighted by molar-refractivity contribution is 0.102. The van der Waals surface area contributed by atoms with Gasteiger partial charge in [-0.05, 0) is 30.2 Å². The highest BCUT2D eigenvalue weighted by Gasteiger charge is 2.09. The molecule has 0 unspecified atom stereocenters. The molecule has 0 aliphatic rings. The highest BCUT2D eigenvalue weighted by Crippen LogP contribution is 2.28. The van der Waals surface area contributed by atoms with E-state index in [9.17, 15) is 4.79 Å². The second kappa shape index (κ2) is 7.04. The summed E-state index contributed by atoms with van der Waals surface area (Å²) in [5, 5.41) is 10.5. The zero-order valence-electron chi connectivity index (χ0n) is 11.8. The van der Waals surface area contributed by atoms with Gasteiger partial charge >= 0.3 is 0 Å². The van der Waals surface area contributed by atoms with Gasteiger partial charge < -0.3 is 10.1 Å². The number of carbonyl (C=O) groups is 1. The fourth-order valence-electron chi connectivity index (χ4n) is 1.58. The Morgan fingerprint density at radius 1 is 1.33 bits per heavy atom. The summed E-state index contributed by atoms with van der Waals surface area (Å²) in [5.41, 5.74) is 1.03. The van der Waals surface area contributed by atoms with Crippen molar-refractivity contribution in [1.82, 2.24) is 10.2 Å². The van der Waals surface area contributed by atoms with Crippen molar-refractivity contribution in [3.63, 3.8) is 0 Å². The summed E-state index contributed by atoms with van der Waals surface area (Å²) in [6.07, 6.45) is 2.86. The molecule has 1 heterocycles. The Kier molecular flexibility index (Phi) is 5.11. The van der Waals surface area contributed by atoms with Gasteiger partial charge in [0.05, 0.1) is 29.6 Å². The monoisotopic (exact) mass is 305 g/mol. The van der Waals surface area contributed by atoms with Crippen LogP contribution >= 0.6 is 11.6 Å². The van der Waals surface area contributed by atoms with Crippen molar-refractivity contribution in [2.45, 2.75) is 13.8 Å². The number of aromatic nitrogens is 2. The number of hydrogen-bond donors (Lipinski definition) is 1. The van der Waals surface area contributed by atoms with Crippen LogP contribution in [0.2, 0.25) is 5.02 Å². The molecule has 0 radical (unpaired) electrons. The maximum atomic E-state index is 12.0. The Bertz CT molecular complexity index is 618. The molecule has 0 spiro atoms. The summed E-state index contributed by atoms with van der Waals surface area (Å²) < 4.78 is 5.58. The normalized spacial score (nSPS) is 10.5. The summed E-state index contributed by atoms with van der Waals surface area (Å²) >= 11 is 6.14. The van der Waals surface area contributed by atoms with E-state index in [1.165, 1.54) is 12.4 Å². The third kappa shape index (κ3) is 4.43. The average molecular weight is 306 g/mol. The van der Waals surface area contributed by atoms with E-state index in [2.05, 4.69) is 29.4 Å². The molecule has 0 saturated heterocycles. The van der Waals surface area contributed by atoms with Crippen LogP contribution in [-0.4, -0.2) is 22.7 Å². The molecule has 0 atom stereocenters. The van der Waals surface area contributed by atoms with Crippen molar-refractivity contribution in [3.8, 4) is 5.75 Å². The summed E-state index contributed by atoms with van der Waals surface area (Å²) in [5.74, 6) is 0.755. The van der Waals surface area contributed by atoms with Gasteiger partial charge in [0, 0.05) is 5.69 Å². The van der Waals surface area contributed by atoms with Crippen LogP contribution in [0.5, 0.6) is 5.75 Å². The molecule has 1 N–H and O–H groups in total. The molecular weight excluding hydrogens is 290 g/mol. The first kappa shape index (κ1) is 15.3. The second-order valence-corrected chi connectivity index (χ2v) is 5.34. The number of anilines is 1. The van der Waals surface area contributed by atoms with Crippen LogP contribution in [0.15, 0.2) is 36.7 Å². The predicted molar refractivity (Wildman–Crippen MR) is 81.8 cm³/mol. The molecule has 6 heteroatoms. The molecule has 5 nitrogen and oxygen atoms in total. The molecule has 21 heavy (non-hydrogen) atoms. The molecule has 2 rings (SSSR count).